The van der Waals surface area contributed by atoms with Gasteiger partial charge in [-0.25, -0.2) is 0 Å². The molecule has 0 bridgehead atoms. The van der Waals surface area contributed by atoms with Gasteiger partial charge in [-0.2, -0.15) is 0 Å². The number of nitrogens with zero attached hydrogens (tertiary/aromatic N) is 1. The van der Waals surface area contributed by atoms with Gasteiger partial charge in [0, 0.05) is 24.2 Å². The molecule has 1 aliphatic carbocycles. The van der Waals surface area contributed by atoms with Gasteiger partial charge >= 0.3 is 0 Å². The Balaban J connectivity index is 1.75. The third-order valence-corrected chi connectivity index (χ3v) is 4.23. The van der Waals surface area contributed by atoms with E-state index in [2.05, 4.69) is 34.6 Å². The zero-order valence-electron chi connectivity index (χ0n) is 11.2. The van der Waals surface area contributed by atoms with Crippen molar-refractivity contribution in [2.75, 3.05) is 6.54 Å². The summed E-state index contributed by atoms with van der Waals surface area (Å²) >= 11 is 0. The van der Waals surface area contributed by atoms with Crippen molar-refractivity contribution in [3.05, 3.63) is 42.1 Å². The zero-order chi connectivity index (χ0) is 13.1. The summed E-state index contributed by atoms with van der Waals surface area (Å²) in [5, 5.41) is 4.88. The molecule has 3 heteroatoms. The first-order valence-corrected chi connectivity index (χ1v) is 7.14. The molecule has 1 aromatic carbocycles. The lowest BCUT2D eigenvalue weighted by Gasteiger charge is -2.19. The van der Waals surface area contributed by atoms with Crippen LogP contribution in [0.3, 0.4) is 0 Å². The fourth-order valence-corrected chi connectivity index (χ4v) is 3.14. The fraction of sp³-hybridized carbons (Fsp3) is 0.438. The standard InChI is InChI=1S/C16H21N3/c17-10-13-5-2-8-15(13)19-11-14-6-1-4-12-7-3-9-18-16(12)14/h1,3-4,6-7,9,13,15,19H,2,5,8,10-11,17H2. The number of aromatic nitrogens is 1. The van der Waals surface area contributed by atoms with Crippen LogP contribution in [-0.4, -0.2) is 17.6 Å². The topological polar surface area (TPSA) is 50.9 Å². The van der Waals surface area contributed by atoms with Crippen LogP contribution in [0.25, 0.3) is 10.9 Å². The molecule has 100 valence electrons. The van der Waals surface area contributed by atoms with E-state index in [1.54, 1.807) is 0 Å². The molecule has 1 aromatic heterocycles. The number of hydrogen-bond donors (Lipinski definition) is 2. The van der Waals surface area contributed by atoms with E-state index in [0.29, 0.717) is 12.0 Å². The van der Waals surface area contributed by atoms with Crippen LogP contribution in [0.2, 0.25) is 0 Å². The Labute approximate surface area is 114 Å². The van der Waals surface area contributed by atoms with Gasteiger partial charge in [-0.05, 0) is 36.9 Å². The molecule has 1 saturated carbocycles. The molecule has 19 heavy (non-hydrogen) atoms. The van der Waals surface area contributed by atoms with E-state index in [9.17, 15) is 0 Å². The number of nitrogens with two attached hydrogens (primary N) is 1. The van der Waals surface area contributed by atoms with Gasteiger partial charge in [-0.1, -0.05) is 30.7 Å². The van der Waals surface area contributed by atoms with Crippen molar-refractivity contribution in [3.63, 3.8) is 0 Å². The first-order valence-electron chi connectivity index (χ1n) is 7.14. The lowest BCUT2D eigenvalue weighted by atomic mass is 10.0. The van der Waals surface area contributed by atoms with Crippen LogP contribution in [0.1, 0.15) is 24.8 Å². The van der Waals surface area contributed by atoms with Gasteiger partial charge < -0.3 is 11.1 Å². The summed E-state index contributed by atoms with van der Waals surface area (Å²) in [7, 11) is 0. The number of para-hydroxylation sites is 1. The number of fused-ring (bicyclic) bond motifs is 1. The summed E-state index contributed by atoms with van der Waals surface area (Å²) in [5.41, 5.74) is 8.22. The second-order valence-corrected chi connectivity index (χ2v) is 5.41. The molecule has 3 nitrogen and oxygen atoms in total. The predicted molar refractivity (Wildman–Crippen MR) is 78.8 cm³/mol. The summed E-state index contributed by atoms with van der Waals surface area (Å²) in [4.78, 5) is 4.50. The van der Waals surface area contributed by atoms with Gasteiger partial charge in [0.05, 0.1) is 5.52 Å². The molecule has 0 aliphatic heterocycles. The average molecular weight is 255 g/mol. The predicted octanol–water partition coefficient (Wildman–Crippen LogP) is 2.45. The molecule has 0 spiro atoms. The maximum Gasteiger partial charge on any atom is 0.0746 e. The van der Waals surface area contributed by atoms with E-state index >= 15 is 0 Å². The van der Waals surface area contributed by atoms with E-state index in [1.165, 1.54) is 30.2 Å². The van der Waals surface area contributed by atoms with Crippen molar-refractivity contribution in [3.8, 4) is 0 Å². The normalized spacial score (nSPS) is 23.0. The van der Waals surface area contributed by atoms with Crippen molar-refractivity contribution >= 4 is 10.9 Å². The number of nitrogens with one attached hydrogen (secondary N) is 1. The van der Waals surface area contributed by atoms with Crippen LogP contribution in [0.15, 0.2) is 36.5 Å². The molecule has 1 heterocycles. The van der Waals surface area contributed by atoms with Gasteiger partial charge in [0.25, 0.3) is 0 Å². The van der Waals surface area contributed by atoms with Crippen molar-refractivity contribution in [1.29, 1.82) is 0 Å². The van der Waals surface area contributed by atoms with E-state index in [0.717, 1.165) is 18.6 Å². The molecule has 0 amide bonds. The number of hydrogen-bond acceptors (Lipinski definition) is 3. The summed E-state index contributed by atoms with van der Waals surface area (Å²) in [6, 6.07) is 11.1. The molecule has 0 radical (unpaired) electrons. The Morgan fingerprint density at radius 2 is 2.11 bits per heavy atom. The first-order chi connectivity index (χ1) is 9.38. The Morgan fingerprint density at radius 3 is 3.00 bits per heavy atom. The summed E-state index contributed by atoms with van der Waals surface area (Å²) in [6.07, 6.45) is 5.68. The van der Waals surface area contributed by atoms with Gasteiger partial charge in [-0.15, -0.1) is 0 Å². The van der Waals surface area contributed by atoms with Crippen molar-refractivity contribution in [1.82, 2.24) is 10.3 Å². The molecular formula is C16H21N3. The molecular weight excluding hydrogens is 234 g/mol. The maximum absolute atomic E-state index is 5.83. The highest BCUT2D eigenvalue weighted by Crippen LogP contribution is 2.25. The lowest BCUT2D eigenvalue weighted by molar-refractivity contribution is 0.407. The Hall–Kier alpha value is -1.45. The summed E-state index contributed by atoms with van der Waals surface area (Å²) in [5.74, 6) is 0.642. The highest BCUT2D eigenvalue weighted by molar-refractivity contribution is 5.81. The highest BCUT2D eigenvalue weighted by atomic mass is 14.9. The van der Waals surface area contributed by atoms with Gasteiger partial charge in [-0.3, -0.25) is 4.98 Å². The molecule has 1 fully saturated rings. The van der Waals surface area contributed by atoms with Crippen LogP contribution in [0.4, 0.5) is 0 Å². The van der Waals surface area contributed by atoms with Crippen LogP contribution in [0, 0.1) is 5.92 Å². The second kappa shape index (κ2) is 5.68. The van der Waals surface area contributed by atoms with E-state index in [4.69, 9.17) is 5.73 Å². The minimum absolute atomic E-state index is 0.573. The number of benzene rings is 1. The van der Waals surface area contributed by atoms with Crippen molar-refractivity contribution < 1.29 is 0 Å². The molecule has 2 unspecified atom stereocenters. The Bertz CT molecular complexity index is 547. The molecule has 0 saturated heterocycles. The van der Waals surface area contributed by atoms with Crippen LogP contribution in [-0.2, 0) is 6.54 Å². The summed E-state index contributed by atoms with van der Waals surface area (Å²) < 4.78 is 0. The van der Waals surface area contributed by atoms with Crippen molar-refractivity contribution in [2.45, 2.75) is 31.8 Å². The third kappa shape index (κ3) is 2.62. The van der Waals surface area contributed by atoms with E-state index in [1.807, 2.05) is 12.3 Å². The monoisotopic (exact) mass is 255 g/mol. The van der Waals surface area contributed by atoms with Gasteiger partial charge in [0.1, 0.15) is 0 Å². The molecule has 3 N–H and O–H groups in total. The average Bonchev–Trinajstić information content (AvgIpc) is 2.92. The molecule has 3 rings (SSSR count). The zero-order valence-corrected chi connectivity index (χ0v) is 11.2. The number of rotatable bonds is 4. The highest BCUT2D eigenvalue weighted by Gasteiger charge is 2.25. The molecule has 1 aliphatic rings. The van der Waals surface area contributed by atoms with Crippen LogP contribution < -0.4 is 11.1 Å². The van der Waals surface area contributed by atoms with E-state index in [-0.39, 0.29) is 0 Å². The SMILES string of the molecule is NCC1CCCC1NCc1cccc2cccnc12. The number of pyridine rings is 1. The van der Waals surface area contributed by atoms with Crippen LogP contribution in [0.5, 0.6) is 0 Å². The quantitative estimate of drug-likeness (QED) is 0.882. The Kier molecular flexibility index (Phi) is 3.76. The van der Waals surface area contributed by atoms with Gasteiger partial charge in [0.15, 0.2) is 0 Å². The fourth-order valence-electron chi connectivity index (χ4n) is 3.14. The minimum atomic E-state index is 0.573. The second-order valence-electron chi connectivity index (χ2n) is 5.41. The van der Waals surface area contributed by atoms with Crippen molar-refractivity contribution in [2.24, 2.45) is 11.7 Å². The maximum atomic E-state index is 5.83. The minimum Gasteiger partial charge on any atom is -0.330 e. The first kappa shape index (κ1) is 12.6. The molecule has 2 aromatic rings. The largest absolute Gasteiger partial charge is 0.330 e. The van der Waals surface area contributed by atoms with E-state index < -0.39 is 0 Å². The van der Waals surface area contributed by atoms with Crippen LogP contribution >= 0.6 is 0 Å². The molecule has 2 atom stereocenters. The summed E-state index contributed by atoms with van der Waals surface area (Å²) in [6.45, 7) is 1.68. The third-order valence-electron chi connectivity index (χ3n) is 4.23. The lowest BCUT2D eigenvalue weighted by Crippen LogP contribution is -2.35. The smallest absolute Gasteiger partial charge is 0.0746 e. The Morgan fingerprint density at radius 1 is 1.21 bits per heavy atom. The van der Waals surface area contributed by atoms with Gasteiger partial charge in [0.2, 0.25) is 0 Å².